The van der Waals surface area contributed by atoms with E-state index < -0.39 is 10.8 Å². The van der Waals surface area contributed by atoms with Crippen LogP contribution in [0.1, 0.15) is 34.1 Å². The molecule has 2 N–H and O–H groups in total. The minimum atomic E-state index is -0.582. The summed E-state index contributed by atoms with van der Waals surface area (Å²) in [5.41, 5.74) is 2.46. The normalized spacial score (nSPS) is 13.0. The Labute approximate surface area is 249 Å². The Hall–Kier alpha value is -4.35. The van der Waals surface area contributed by atoms with Gasteiger partial charge in [0.05, 0.1) is 33.9 Å². The highest BCUT2D eigenvalue weighted by molar-refractivity contribution is 6.34. The minimum Gasteiger partial charge on any atom is -0.495 e. The molecule has 2 amide bonds. The highest BCUT2D eigenvalue weighted by Gasteiger charge is 2.24. The number of anilines is 3. The van der Waals surface area contributed by atoms with Crippen molar-refractivity contribution in [2.45, 2.75) is 13.3 Å². The molecule has 0 aromatic heterocycles. The number of carbonyl (C=O) groups is 2. The quantitative estimate of drug-likeness (QED) is 0.170. The van der Waals surface area contributed by atoms with Crippen molar-refractivity contribution in [2.24, 2.45) is 0 Å². The summed E-state index contributed by atoms with van der Waals surface area (Å²) < 4.78 is 10.9. The number of hydrogen-bond acceptors (Lipinski definition) is 8. The van der Waals surface area contributed by atoms with Crippen molar-refractivity contribution in [3.8, 4) is 5.75 Å². The zero-order valence-corrected chi connectivity index (χ0v) is 24.4. The number of benzene rings is 3. The van der Waals surface area contributed by atoms with E-state index in [4.69, 9.17) is 21.1 Å². The molecule has 0 saturated carbocycles. The van der Waals surface area contributed by atoms with Crippen molar-refractivity contribution in [1.82, 2.24) is 5.32 Å². The monoisotopic (exact) mass is 595 g/mol. The third-order valence-corrected chi connectivity index (χ3v) is 7.22. The molecule has 0 bridgehead atoms. The zero-order valence-electron chi connectivity index (χ0n) is 23.6. The van der Waals surface area contributed by atoms with Gasteiger partial charge in [-0.3, -0.25) is 19.7 Å². The maximum absolute atomic E-state index is 13.4. The van der Waals surface area contributed by atoms with Crippen molar-refractivity contribution < 1.29 is 24.0 Å². The molecule has 1 aliphatic rings. The number of amides is 2. The van der Waals surface area contributed by atoms with Crippen LogP contribution in [0, 0.1) is 10.1 Å². The fourth-order valence-corrected chi connectivity index (χ4v) is 5.03. The molecule has 0 atom stereocenters. The predicted octanol–water partition coefficient (Wildman–Crippen LogP) is 4.99. The molecule has 12 heteroatoms. The highest BCUT2D eigenvalue weighted by atomic mass is 35.5. The van der Waals surface area contributed by atoms with Gasteiger partial charge in [0.2, 0.25) is 0 Å². The van der Waals surface area contributed by atoms with Gasteiger partial charge in [-0.15, -0.1) is 0 Å². The number of non-ortho nitro benzene ring substituents is 1. The second-order valence-electron chi connectivity index (χ2n) is 9.56. The molecule has 0 radical (unpaired) electrons. The van der Waals surface area contributed by atoms with Crippen molar-refractivity contribution in [2.75, 3.05) is 68.2 Å². The summed E-state index contributed by atoms with van der Waals surface area (Å²) in [4.78, 5) is 41.2. The smallest absolute Gasteiger partial charge is 0.270 e. The van der Waals surface area contributed by atoms with Gasteiger partial charge < -0.3 is 29.9 Å². The van der Waals surface area contributed by atoms with Crippen molar-refractivity contribution >= 4 is 46.2 Å². The number of ether oxygens (including phenoxy) is 2. The maximum atomic E-state index is 13.4. The molecule has 0 aliphatic carbocycles. The zero-order chi connectivity index (χ0) is 30.1. The number of nitro groups is 1. The molecular formula is C30H34ClN5O6. The summed E-state index contributed by atoms with van der Waals surface area (Å²) in [7, 11) is 1.66. The van der Waals surface area contributed by atoms with Crippen molar-refractivity contribution in [3.05, 3.63) is 86.9 Å². The molecular weight excluding hydrogens is 562 g/mol. The average Bonchev–Trinajstić information content (AvgIpc) is 3.00. The number of nitrogens with one attached hydrogen (secondary N) is 2. The van der Waals surface area contributed by atoms with Gasteiger partial charge in [-0.1, -0.05) is 23.7 Å². The number of methoxy groups -OCH3 is 1. The van der Waals surface area contributed by atoms with Gasteiger partial charge in [-0.05, 0) is 49.7 Å². The van der Waals surface area contributed by atoms with E-state index in [1.807, 2.05) is 37.3 Å². The van der Waals surface area contributed by atoms with E-state index in [0.717, 1.165) is 36.3 Å². The number of hydrogen-bond donors (Lipinski definition) is 2. The second-order valence-corrected chi connectivity index (χ2v) is 9.97. The molecule has 1 saturated heterocycles. The molecule has 4 rings (SSSR count). The Kier molecular flexibility index (Phi) is 10.6. The van der Waals surface area contributed by atoms with E-state index in [0.29, 0.717) is 50.5 Å². The van der Waals surface area contributed by atoms with Crippen LogP contribution >= 0.6 is 11.6 Å². The first kappa shape index (κ1) is 30.6. The number of carbonyl (C=O) groups excluding carboxylic acids is 2. The van der Waals surface area contributed by atoms with E-state index in [1.165, 1.54) is 12.1 Å². The van der Waals surface area contributed by atoms with Crippen molar-refractivity contribution in [1.29, 1.82) is 0 Å². The topological polar surface area (TPSA) is 126 Å². The molecule has 11 nitrogen and oxygen atoms in total. The first-order chi connectivity index (χ1) is 20.3. The summed E-state index contributed by atoms with van der Waals surface area (Å²) >= 11 is 6.15. The molecule has 42 heavy (non-hydrogen) atoms. The second kappa shape index (κ2) is 14.5. The molecule has 222 valence electrons. The summed E-state index contributed by atoms with van der Waals surface area (Å²) in [6.07, 6.45) is 0.668. The standard InChI is InChI=1S/C30H34ClN5O6/c1-3-42-18-6-13-32-29(37)24-19-21(33-30(38)23-11-10-22(36(39)40)20-25(23)31)9-12-26(24)34-14-16-35(17-15-34)27-7-4-5-8-28(27)41-2/h4-5,7-12,19-20H,3,6,13-18H2,1-2H3,(H,32,37)(H,33,38). The predicted molar refractivity (Wildman–Crippen MR) is 163 cm³/mol. The van der Waals surface area contributed by atoms with Crippen LogP contribution in [0.15, 0.2) is 60.7 Å². The van der Waals surface area contributed by atoms with Crippen LogP contribution in [0.5, 0.6) is 5.75 Å². The minimum absolute atomic E-state index is 0.0431. The third-order valence-electron chi connectivity index (χ3n) is 6.91. The Bertz CT molecular complexity index is 1430. The first-order valence-corrected chi connectivity index (χ1v) is 14.1. The van der Waals surface area contributed by atoms with Gasteiger partial charge in [0.1, 0.15) is 5.75 Å². The number of rotatable bonds is 12. The van der Waals surface area contributed by atoms with Gasteiger partial charge in [0, 0.05) is 69.4 Å². The molecule has 0 spiro atoms. The lowest BCUT2D eigenvalue weighted by Crippen LogP contribution is -2.47. The van der Waals surface area contributed by atoms with Gasteiger partial charge in [0.15, 0.2) is 0 Å². The van der Waals surface area contributed by atoms with E-state index in [1.54, 1.807) is 19.2 Å². The SMILES string of the molecule is CCOCCCNC(=O)c1cc(NC(=O)c2ccc([N+](=O)[O-])cc2Cl)ccc1N1CCN(c2ccccc2OC)CC1. The molecule has 3 aromatic rings. The van der Waals surface area contributed by atoms with E-state index in [-0.39, 0.29) is 22.2 Å². The van der Waals surface area contributed by atoms with Crippen LogP contribution in [0.2, 0.25) is 5.02 Å². The summed E-state index contributed by atoms with van der Waals surface area (Å²) in [6, 6.07) is 16.7. The summed E-state index contributed by atoms with van der Waals surface area (Å²) in [5.74, 6) is 0.000514. The van der Waals surface area contributed by atoms with Gasteiger partial charge in [-0.25, -0.2) is 0 Å². The van der Waals surface area contributed by atoms with Gasteiger partial charge >= 0.3 is 0 Å². The lowest BCUT2D eigenvalue weighted by Gasteiger charge is -2.38. The van der Waals surface area contributed by atoms with E-state index in [2.05, 4.69) is 20.4 Å². The van der Waals surface area contributed by atoms with E-state index >= 15 is 0 Å². The lowest BCUT2D eigenvalue weighted by atomic mass is 10.1. The Morgan fingerprint density at radius 3 is 2.33 bits per heavy atom. The fraction of sp³-hybridized carbons (Fsp3) is 0.333. The van der Waals surface area contributed by atoms with Crippen molar-refractivity contribution in [3.63, 3.8) is 0 Å². The van der Waals surface area contributed by atoms with Crippen LogP contribution < -0.4 is 25.2 Å². The number of nitrogens with zero attached hydrogens (tertiary/aromatic N) is 3. The molecule has 1 heterocycles. The summed E-state index contributed by atoms with van der Waals surface area (Å²) in [6.45, 7) is 6.32. The van der Waals surface area contributed by atoms with Crippen LogP contribution in [0.3, 0.4) is 0 Å². The van der Waals surface area contributed by atoms with Crippen LogP contribution in [0.25, 0.3) is 0 Å². The maximum Gasteiger partial charge on any atom is 0.270 e. The van der Waals surface area contributed by atoms with Gasteiger partial charge in [0.25, 0.3) is 17.5 Å². The van der Waals surface area contributed by atoms with Crippen LogP contribution in [-0.4, -0.2) is 69.8 Å². The number of para-hydroxylation sites is 2. The Balaban J connectivity index is 1.53. The lowest BCUT2D eigenvalue weighted by molar-refractivity contribution is -0.384. The van der Waals surface area contributed by atoms with Crippen LogP contribution in [0.4, 0.5) is 22.7 Å². The highest BCUT2D eigenvalue weighted by Crippen LogP contribution is 2.31. The Morgan fingerprint density at radius 1 is 0.952 bits per heavy atom. The number of halogens is 1. The number of nitro benzene ring substituents is 1. The van der Waals surface area contributed by atoms with E-state index in [9.17, 15) is 19.7 Å². The average molecular weight is 596 g/mol. The molecule has 3 aromatic carbocycles. The fourth-order valence-electron chi connectivity index (χ4n) is 4.77. The molecule has 1 aliphatic heterocycles. The molecule has 0 unspecified atom stereocenters. The first-order valence-electron chi connectivity index (χ1n) is 13.7. The largest absolute Gasteiger partial charge is 0.495 e. The van der Waals surface area contributed by atoms with Gasteiger partial charge in [-0.2, -0.15) is 0 Å². The molecule has 1 fully saturated rings. The summed E-state index contributed by atoms with van der Waals surface area (Å²) in [5, 5.41) is 16.7. The number of piperazine rings is 1. The third kappa shape index (κ3) is 7.48. The van der Waals surface area contributed by atoms with Crippen LogP contribution in [-0.2, 0) is 4.74 Å². The Morgan fingerprint density at radius 2 is 1.67 bits per heavy atom.